The number of rotatable bonds is 5. The maximum Gasteiger partial charge on any atom is 0.240 e. The molecule has 1 aliphatic heterocycles. The molecule has 3 aromatic rings. The number of fused-ring (bicyclic) bond motifs is 1. The topological polar surface area (TPSA) is 62.6 Å². The summed E-state index contributed by atoms with van der Waals surface area (Å²) in [5.74, 6) is 0.398. The molecule has 1 N–H and O–H groups in total. The Morgan fingerprint density at radius 3 is 2.72 bits per heavy atom. The third-order valence-electron chi connectivity index (χ3n) is 4.68. The van der Waals surface area contributed by atoms with Gasteiger partial charge in [0.15, 0.2) is 0 Å². The number of nitrogens with zero attached hydrogens (tertiary/aromatic N) is 1. The lowest BCUT2D eigenvalue weighted by Crippen LogP contribution is -2.40. The maximum atomic E-state index is 13.0. The number of halogens is 1. The number of anilines is 1. The molecule has 0 aliphatic carbocycles. The Balaban J connectivity index is 1.51. The summed E-state index contributed by atoms with van der Waals surface area (Å²) in [7, 11) is 0. The minimum absolute atomic E-state index is 0.0499. The second-order valence-electron chi connectivity index (χ2n) is 6.64. The zero-order valence-electron chi connectivity index (χ0n) is 15.5. The number of benzene rings is 2. The van der Waals surface area contributed by atoms with E-state index in [1.807, 2.05) is 54.6 Å². The van der Waals surface area contributed by atoms with Crippen LogP contribution in [0.1, 0.15) is 23.0 Å². The van der Waals surface area contributed by atoms with Crippen molar-refractivity contribution in [2.45, 2.75) is 23.1 Å². The quantitative estimate of drug-likeness (QED) is 0.635. The first kappa shape index (κ1) is 19.6. The molecule has 5 nitrogen and oxygen atoms in total. The molecule has 0 radical (unpaired) electrons. The average molecular weight is 427 g/mol. The largest absolute Gasteiger partial charge is 0.468 e. The summed E-state index contributed by atoms with van der Waals surface area (Å²) in [5, 5.41) is 3.32. The van der Waals surface area contributed by atoms with Crippen molar-refractivity contribution in [1.29, 1.82) is 0 Å². The fourth-order valence-electron chi connectivity index (χ4n) is 3.22. The van der Waals surface area contributed by atoms with E-state index in [4.69, 9.17) is 16.0 Å². The minimum atomic E-state index is -0.241. The van der Waals surface area contributed by atoms with Gasteiger partial charge in [-0.15, -0.1) is 11.8 Å². The van der Waals surface area contributed by atoms with Gasteiger partial charge in [-0.1, -0.05) is 41.9 Å². The highest BCUT2D eigenvalue weighted by Gasteiger charge is 2.31. The van der Waals surface area contributed by atoms with Crippen LogP contribution in [0.5, 0.6) is 0 Å². The van der Waals surface area contributed by atoms with E-state index >= 15 is 0 Å². The second kappa shape index (κ2) is 8.76. The summed E-state index contributed by atoms with van der Waals surface area (Å²) in [6, 6.07) is 18.7. The number of hydrogen-bond donors (Lipinski definition) is 1. The molecule has 1 aliphatic rings. The van der Waals surface area contributed by atoms with E-state index in [-0.39, 0.29) is 30.0 Å². The molecule has 0 saturated carbocycles. The molecule has 1 aromatic heterocycles. The molecule has 0 spiro atoms. The Hall–Kier alpha value is -2.70. The summed E-state index contributed by atoms with van der Waals surface area (Å²) in [6.45, 7) is 0.262. The van der Waals surface area contributed by atoms with Crippen LogP contribution in [-0.4, -0.2) is 18.4 Å². The Morgan fingerprint density at radius 1 is 1.14 bits per heavy atom. The van der Waals surface area contributed by atoms with Crippen molar-refractivity contribution >= 4 is 40.9 Å². The van der Waals surface area contributed by atoms with E-state index in [1.54, 1.807) is 29.0 Å². The molecular weight excluding hydrogens is 408 g/mol. The van der Waals surface area contributed by atoms with Crippen LogP contribution in [0.25, 0.3) is 0 Å². The van der Waals surface area contributed by atoms with Gasteiger partial charge in [0.2, 0.25) is 11.8 Å². The zero-order chi connectivity index (χ0) is 20.2. The highest BCUT2D eigenvalue weighted by atomic mass is 35.5. The number of thioether (sulfide) groups is 1. The van der Waals surface area contributed by atoms with Gasteiger partial charge in [-0.2, -0.15) is 0 Å². The van der Waals surface area contributed by atoms with Gasteiger partial charge in [-0.25, -0.2) is 0 Å². The van der Waals surface area contributed by atoms with Gasteiger partial charge in [0.05, 0.1) is 17.2 Å². The third kappa shape index (κ3) is 4.49. The lowest BCUT2D eigenvalue weighted by molar-refractivity contribution is -0.124. The number of hydrogen-bond acceptors (Lipinski definition) is 4. The Kier molecular flexibility index (Phi) is 5.92. The number of amides is 2. The zero-order valence-corrected chi connectivity index (χ0v) is 17.1. The molecule has 0 fully saturated rings. The van der Waals surface area contributed by atoms with Gasteiger partial charge in [0.1, 0.15) is 12.3 Å². The molecule has 7 heteroatoms. The molecule has 2 amide bonds. The Labute approximate surface area is 178 Å². The molecule has 0 saturated heterocycles. The first-order chi connectivity index (χ1) is 14.1. The van der Waals surface area contributed by atoms with Crippen molar-refractivity contribution in [2.75, 3.05) is 11.4 Å². The van der Waals surface area contributed by atoms with Crippen molar-refractivity contribution in [3.63, 3.8) is 0 Å². The predicted molar refractivity (Wildman–Crippen MR) is 114 cm³/mol. The molecule has 0 bridgehead atoms. The van der Waals surface area contributed by atoms with Crippen LogP contribution in [0, 0.1) is 0 Å². The van der Waals surface area contributed by atoms with Gasteiger partial charge in [-0.3, -0.25) is 9.59 Å². The van der Waals surface area contributed by atoms with Crippen LogP contribution in [-0.2, 0) is 16.1 Å². The standard InChI is InChI=1S/C22H19ClN2O3S/c23-16-7-2-1-6-15(16)13-24-21(26)14-25-17-8-3-4-10-19(17)29-20(12-22(25)27)18-9-5-11-28-18/h1-11,20H,12-14H2,(H,24,26). The first-order valence-electron chi connectivity index (χ1n) is 9.21. The normalized spacial score (nSPS) is 16.2. The molecule has 29 heavy (non-hydrogen) atoms. The predicted octanol–water partition coefficient (Wildman–Crippen LogP) is 4.82. The number of carbonyl (C=O) groups excluding carboxylic acids is 2. The van der Waals surface area contributed by atoms with E-state index in [9.17, 15) is 9.59 Å². The number of furan rings is 1. The molecule has 1 unspecified atom stereocenters. The van der Waals surface area contributed by atoms with E-state index in [0.29, 0.717) is 11.6 Å². The fourth-order valence-corrected chi connectivity index (χ4v) is 4.66. The van der Waals surface area contributed by atoms with Crippen molar-refractivity contribution in [3.8, 4) is 0 Å². The van der Waals surface area contributed by atoms with Crippen molar-refractivity contribution in [1.82, 2.24) is 5.32 Å². The molecule has 2 heterocycles. The summed E-state index contributed by atoms with van der Waals surface area (Å²) >= 11 is 7.73. The van der Waals surface area contributed by atoms with E-state index < -0.39 is 0 Å². The molecule has 2 aromatic carbocycles. The van der Waals surface area contributed by atoms with Crippen molar-refractivity contribution < 1.29 is 14.0 Å². The van der Waals surface area contributed by atoms with Crippen LogP contribution in [0.2, 0.25) is 5.02 Å². The molecule has 148 valence electrons. The Bertz CT molecular complexity index is 1020. The van der Waals surface area contributed by atoms with Crippen molar-refractivity contribution in [2.24, 2.45) is 0 Å². The van der Waals surface area contributed by atoms with Gasteiger partial charge < -0.3 is 14.6 Å². The fraction of sp³-hybridized carbons (Fsp3) is 0.182. The van der Waals surface area contributed by atoms with E-state index in [1.165, 1.54) is 0 Å². The van der Waals surface area contributed by atoms with Crippen LogP contribution in [0.4, 0.5) is 5.69 Å². The van der Waals surface area contributed by atoms with Gasteiger partial charge in [0.25, 0.3) is 0 Å². The SMILES string of the molecule is O=C(CN1C(=O)CC(c2ccco2)Sc2ccccc21)NCc1ccccc1Cl. The van der Waals surface area contributed by atoms with Crippen LogP contribution in [0.15, 0.2) is 76.2 Å². The van der Waals surface area contributed by atoms with Gasteiger partial charge in [-0.05, 0) is 35.9 Å². The van der Waals surface area contributed by atoms with E-state index in [0.717, 1.165) is 21.9 Å². The number of nitrogens with one attached hydrogen (secondary N) is 1. The third-order valence-corrected chi connectivity index (χ3v) is 6.33. The monoisotopic (exact) mass is 426 g/mol. The Morgan fingerprint density at radius 2 is 1.93 bits per heavy atom. The van der Waals surface area contributed by atoms with Gasteiger partial charge >= 0.3 is 0 Å². The number of para-hydroxylation sites is 1. The van der Waals surface area contributed by atoms with Gasteiger partial charge in [0, 0.05) is 22.9 Å². The minimum Gasteiger partial charge on any atom is -0.468 e. The van der Waals surface area contributed by atoms with Crippen LogP contribution < -0.4 is 10.2 Å². The van der Waals surface area contributed by atoms with Crippen LogP contribution >= 0.6 is 23.4 Å². The lowest BCUT2D eigenvalue weighted by Gasteiger charge is -2.22. The highest BCUT2D eigenvalue weighted by molar-refractivity contribution is 7.99. The average Bonchev–Trinajstić information content (AvgIpc) is 3.22. The van der Waals surface area contributed by atoms with E-state index in [2.05, 4.69) is 5.32 Å². The molecule has 1 atom stereocenters. The highest BCUT2D eigenvalue weighted by Crippen LogP contribution is 2.45. The summed E-state index contributed by atoms with van der Waals surface area (Å²) in [6.07, 6.45) is 1.86. The van der Waals surface area contributed by atoms with Crippen molar-refractivity contribution in [3.05, 3.63) is 83.3 Å². The smallest absolute Gasteiger partial charge is 0.240 e. The first-order valence-corrected chi connectivity index (χ1v) is 10.5. The summed E-state index contributed by atoms with van der Waals surface area (Å²) in [5.41, 5.74) is 1.57. The lowest BCUT2D eigenvalue weighted by atomic mass is 10.2. The van der Waals surface area contributed by atoms with Crippen LogP contribution in [0.3, 0.4) is 0 Å². The second-order valence-corrected chi connectivity index (χ2v) is 8.29. The molecule has 4 rings (SSSR count). The molecular formula is C22H19ClN2O3S. The maximum absolute atomic E-state index is 13.0. The number of carbonyl (C=O) groups is 2. The summed E-state index contributed by atoms with van der Waals surface area (Å²) < 4.78 is 5.52. The summed E-state index contributed by atoms with van der Waals surface area (Å²) in [4.78, 5) is 28.1.